The van der Waals surface area contributed by atoms with Gasteiger partial charge in [0.15, 0.2) is 0 Å². The van der Waals surface area contributed by atoms with Gasteiger partial charge < -0.3 is 10.6 Å². The molecule has 0 saturated heterocycles. The van der Waals surface area contributed by atoms with Crippen molar-refractivity contribution >= 4 is 22.0 Å². The number of rotatable bonds is 3. The zero-order chi connectivity index (χ0) is 17.0. The Morgan fingerprint density at radius 3 is 2.12 bits per heavy atom. The number of carbonyl (C=O) groups is 1. The summed E-state index contributed by atoms with van der Waals surface area (Å²) in [7, 11) is 0. The van der Waals surface area contributed by atoms with Crippen LogP contribution >= 0.6 is 15.9 Å². The van der Waals surface area contributed by atoms with Crippen molar-refractivity contribution in [2.75, 3.05) is 0 Å². The molecule has 1 aromatic rings. The van der Waals surface area contributed by atoms with Gasteiger partial charge in [-0.15, -0.1) is 0 Å². The van der Waals surface area contributed by atoms with E-state index in [0.717, 1.165) is 22.9 Å². The number of hydrogen-bond acceptors (Lipinski definition) is 1. The Kier molecular flexibility index (Phi) is 9.26. The summed E-state index contributed by atoms with van der Waals surface area (Å²) in [6, 6.07) is 8.34. The highest BCUT2D eigenvalue weighted by atomic mass is 79.9. The van der Waals surface area contributed by atoms with E-state index in [9.17, 15) is 4.79 Å². The first-order valence-electron chi connectivity index (χ1n) is 9.53. The Morgan fingerprint density at radius 1 is 0.958 bits per heavy atom. The molecule has 0 aliphatic heterocycles. The van der Waals surface area contributed by atoms with E-state index >= 15 is 0 Å². The number of hydrogen-bond donors (Lipinski definition) is 2. The average Bonchev–Trinajstić information content (AvgIpc) is 2.55. The van der Waals surface area contributed by atoms with Crippen LogP contribution in [0, 0.1) is 0 Å². The molecule has 3 nitrogen and oxygen atoms in total. The van der Waals surface area contributed by atoms with Gasteiger partial charge in [-0.3, -0.25) is 0 Å². The third kappa shape index (κ3) is 8.18. The number of carbonyl (C=O) groups excluding carboxylic acids is 1. The molecule has 0 heterocycles. The molecule has 134 valence electrons. The molecule has 0 unspecified atom stereocenters. The van der Waals surface area contributed by atoms with Gasteiger partial charge in [0.2, 0.25) is 0 Å². The standard InChI is InChI=1S/C20H31BrN2O/c21-18-12-10-11-17(15-18)16-22-20(24)23-19-13-8-6-4-2-1-3-5-7-9-14-19/h10-12,15,19H,1-9,13-14,16H2,(H2,22,23,24). The maximum Gasteiger partial charge on any atom is 0.315 e. The summed E-state index contributed by atoms with van der Waals surface area (Å²) in [5.74, 6) is 0. The van der Waals surface area contributed by atoms with Gasteiger partial charge in [0.25, 0.3) is 0 Å². The lowest BCUT2D eigenvalue weighted by Gasteiger charge is -2.20. The van der Waals surface area contributed by atoms with Crippen molar-refractivity contribution in [2.24, 2.45) is 0 Å². The van der Waals surface area contributed by atoms with Crippen LogP contribution in [0.4, 0.5) is 4.79 Å². The van der Waals surface area contributed by atoms with Gasteiger partial charge in [-0.05, 0) is 30.5 Å². The summed E-state index contributed by atoms with van der Waals surface area (Å²) in [4.78, 5) is 12.2. The first-order valence-corrected chi connectivity index (χ1v) is 10.3. The van der Waals surface area contributed by atoms with Gasteiger partial charge in [-0.2, -0.15) is 0 Å². The third-order valence-electron chi connectivity index (χ3n) is 4.78. The molecular formula is C20H31BrN2O. The molecule has 1 aromatic carbocycles. The van der Waals surface area contributed by atoms with E-state index in [2.05, 4.69) is 26.6 Å². The minimum atomic E-state index is -0.0351. The van der Waals surface area contributed by atoms with Gasteiger partial charge in [0.1, 0.15) is 0 Å². The zero-order valence-corrected chi connectivity index (χ0v) is 16.2. The molecule has 0 bridgehead atoms. The van der Waals surface area contributed by atoms with Crippen molar-refractivity contribution in [3.05, 3.63) is 34.3 Å². The number of benzene rings is 1. The first-order chi connectivity index (χ1) is 11.7. The van der Waals surface area contributed by atoms with Crippen LogP contribution in [0.15, 0.2) is 28.7 Å². The number of halogens is 1. The van der Waals surface area contributed by atoms with Crippen LogP contribution in [0.2, 0.25) is 0 Å². The molecule has 0 spiro atoms. The van der Waals surface area contributed by atoms with E-state index < -0.39 is 0 Å². The Balaban J connectivity index is 1.74. The lowest BCUT2D eigenvalue weighted by Crippen LogP contribution is -2.41. The minimum Gasteiger partial charge on any atom is -0.335 e. The van der Waals surface area contributed by atoms with Gasteiger partial charge in [-0.1, -0.05) is 85.9 Å². The second-order valence-electron chi connectivity index (χ2n) is 6.91. The smallest absolute Gasteiger partial charge is 0.315 e. The van der Waals surface area contributed by atoms with Crippen LogP contribution in [-0.4, -0.2) is 12.1 Å². The predicted molar refractivity (Wildman–Crippen MR) is 104 cm³/mol. The molecule has 1 aliphatic carbocycles. The molecule has 0 atom stereocenters. The SMILES string of the molecule is O=C(NCc1cccc(Br)c1)NC1CCCCCCCCCCC1. The normalized spacial score (nSPS) is 18.2. The van der Waals surface area contributed by atoms with Crippen molar-refractivity contribution in [3.8, 4) is 0 Å². The Bertz CT molecular complexity index is 480. The lowest BCUT2D eigenvalue weighted by atomic mass is 9.98. The van der Waals surface area contributed by atoms with Crippen molar-refractivity contribution in [3.63, 3.8) is 0 Å². The van der Waals surface area contributed by atoms with E-state index in [0.29, 0.717) is 12.6 Å². The molecule has 0 radical (unpaired) electrons. The maximum absolute atomic E-state index is 12.2. The van der Waals surface area contributed by atoms with Crippen LogP contribution in [0.25, 0.3) is 0 Å². The van der Waals surface area contributed by atoms with Crippen molar-refractivity contribution in [1.29, 1.82) is 0 Å². The average molecular weight is 395 g/mol. The van der Waals surface area contributed by atoms with Gasteiger partial charge in [0.05, 0.1) is 0 Å². The molecule has 2 amide bonds. The summed E-state index contributed by atoms with van der Waals surface area (Å²) >= 11 is 3.46. The van der Waals surface area contributed by atoms with E-state index in [1.165, 1.54) is 57.8 Å². The molecule has 1 aliphatic rings. The fraction of sp³-hybridized carbons (Fsp3) is 0.650. The highest BCUT2D eigenvalue weighted by Gasteiger charge is 2.12. The maximum atomic E-state index is 12.2. The van der Waals surface area contributed by atoms with Crippen LogP contribution in [0.3, 0.4) is 0 Å². The van der Waals surface area contributed by atoms with Crippen LogP contribution in [0.5, 0.6) is 0 Å². The third-order valence-corrected chi connectivity index (χ3v) is 5.28. The summed E-state index contributed by atoms with van der Waals surface area (Å²) in [6.07, 6.45) is 14.2. The fourth-order valence-corrected chi connectivity index (χ4v) is 3.82. The van der Waals surface area contributed by atoms with E-state index in [1.54, 1.807) is 0 Å². The molecule has 1 saturated carbocycles. The lowest BCUT2D eigenvalue weighted by molar-refractivity contribution is 0.234. The highest BCUT2D eigenvalue weighted by molar-refractivity contribution is 9.10. The van der Waals surface area contributed by atoms with Crippen molar-refractivity contribution < 1.29 is 4.79 Å². The topological polar surface area (TPSA) is 41.1 Å². The summed E-state index contributed by atoms with van der Waals surface area (Å²) in [5.41, 5.74) is 1.11. The molecular weight excluding hydrogens is 364 g/mol. The summed E-state index contributed by atoms with van der Waals surface area (Å²) < 4.78 is 1.04. The first kappa shape index (κ1) is 19.3. The van der Waals surface area contributed by atoms with E-state index in [1.807, 2.05) is 24.3 Å². The zero-order valence-electron chi connectivity index (χ0n) is 14.7. The highest BCUT2D eigenvalue weighted by Crippen LogP contribution is 2.17. The number of nitrogens with one attached hydrogen (secondary N) is 2. The largest absolute Gasteiger partial charge is 0.335 e. The monoisotopic (exact) mass is 394 g/mol. The fourth-order valence-electron chi connectivity index (χ4n) is 3.37. The quantitative estimate of drug-likeness (QED) is 0.655. The van der Waals surface area contributed by atoms with Crippen molar-refractivity contribution in [2.45, 2.75) is 83.2 Å². The number of urea groups is 1. The van der Waals surface area contributed by atoms with Gasteiger partial charge >= 0.3 is 6.03 Å². The van der Waals surface area contributed by atoms with E-state index in [-0.39, 0.29) is 6.03 Å². The van der Waals surface area contributed by atoms with Gasteiger partial charge in [0, 0.05) is 17.1 Å². The summed E-state index contributed by atoms with van der Waals surface area (Å²) in [6.45, 7) is 0.567. The van der Waals surface area contributed by atoms with E-state index in [4.69, 9.17) is 0 Å². The molecule has 2 N–H and O–H groups in total. The Hall–Kier alpha value is -1.03. The van der Waals surface area contributed by atoms with Crippen molar-refractivity contribution in [1.82, 2.24) is 10.6 Å². The second-order valence-corrected chi connectivity index (χ2v) is 7.83. The van der Waals surface area contributed by atoms with Crippen LogP contribution < -0.4 is 10.6 Å². The number of amides is 2. The summed E-state index contributed by atoms with van der Waals surface area (Å²) in [5, 5.41) is 6.18. The van der Waals surface area contributed by atoms with Crippen LogP contribution in [0.1, 0.15) is 76.2 Å². The molecule has 24 heavy (non-hydrogen) atoms. The molecule has 0 aromatic heterocycles. The molecule has 2 rings (SSSR count). The Labute approximate surface area is 155 Å². The minimum absolute atomic E-state index is 0.0351. The van der Waals surface area contributed by atoms with Gasteiger partial charge in [-0.25, -0.2) is 4.79 Å². The predicted octanol–water partition coefficient (Wildman–Crippen LogP) is 5.92. The molecule has 4 heteroatoms. The molecule has 1 fully saturated rings. The Morgan fingerprint density at radius 2 is 1.54 bits per heavy atom. The van der Waals surface area contributed by atoms with Crippen LogP contribution in [-0.2, 0) is 6.54 Å². The second kappa shape index (κ2) is 11.5.